The second kappa shape index (κ2) is 12.3. The number of anilines is 1. The van der Waals surface area contributed by atoms with E-state index in [4.69, 9.17) is 16.3 Å². The lowest BCUT2D eigenvalue weighted by Crippen LogP contribution is -2.58. The molecule has 1 aliphatic carbocycles. The number of likely N-dealkylation sites (tertiary alicyclic amines) is 1. The van der Waals surface area contributed by atoms with Crippen molar-refractivity contribution in [3.05, 3.63) is 77.1 Å². The van der Waals surface area contributed by atoms with Crippen molar-refractivity contribution < 1.29 is 23.5 Å². The number of carbonyl (C=O) groups is 3. The minimum atomic E-state index is -1.25. The van der Waals surface area contributed by atoms with Gasteiger partial charge in [-0.1, -0.05) is 80.8 Å². The first kappa shape index (κ1) is 30.7. The predicted octanol–water partition coefficient (Wildman–Crippen LogP) is 4.64. The maximum absolute atomic E-state index is 14.3. The molecule has 44 heavy (non-hydrogen) atoms. The highest BCUT2D eigenvalue weighted by atomic mass is 35.5. The average Bonchev–Trinajstić information content (AvgIpc) is 3.64. The third-order valence-corrected chi connectivity index (χ3v) is 10.5. The van der Waals surface area contributed by atoms with Gasteiger partial charge in [0.05, 0.1) is 23.0 Å². The number of likely N-dealkylation sites (N-methyl/N-ethyl adjacent to an activating group) is 1. The second-order valence-electron chi connectivity index (χ2n) is 13.0. The maximum Gasteiger partial charge on any atom is 0.246 e. The van der Waals surface area contributed by atoms with Gasteiger partial charge in [0, 0.05) is 31.4 Å². The average molecular weight is 623 g/mol. The smallest absolute Gasteiger partial charge is 0.246 e. The molecule has 3 fully saturated rings. The fourth-order valence-electron chi connectivity index (χ4n) is 7.61. The summed E-state index contributed by atoms with van der Waals surface area (Å²) in [6, 6.07) is 13.1. The van der Waals surface area contributed by atoms with E-state index in [1.165, 1.54) is 18.2 Å². The van der Waals surface area contributed by atoms with Crippen molar-refractivity contribution in [2.24, 2.45) is 23.7 Å². The Morgan fingerprint density at radius 1 is 1.14 bits per heavy atom. The van der Waals surface area contributed by atoms with Crippen LogP contribution in [-0.2, 0) is 25.7 Å². The molecule has 234 valence electrons. The van der Waals surface area contributed by atoms with Crippen LogP contribution in [0.5, 0.6) is 0 Å². The molecule has 3 aliphatic heterocycles. The van der Waals surface area contributed by atoms with Gasteiger partial charge >= 0.3 is 0 Å². The number of rotatable bonds is 9. The van der Waals surface area contributed by atoms with Gasteiger partial charge in [-0.15, -0.1) is 0 Å². The summed E-state index contributed by atoms with van der Waals surface area (Å²) in [6.45, 7) is 5.91. The number of fused-ring (bicyclic) bond motifs is 1. The van der Waals surface area contributed by atoms with E-state index in [2.05, 4.69) is 41.5 Å². The summed E-state index contributed by atoms with van der Waals surface area (Å²) in [5.41, 5.74) is 0.215. The number of amides is 3. The van der Waals surface area contributed by atoms with Crippen molar-refractivity contribution in [3.8, 4) is 0 Å². The number of nitrogens with zero attached hydrogens (tertiary/aromatic N) is 2. The van der Waals surface area contributed by atoms with E-state index >= 15 is 0 Å². The van der Waals surface area contributed by atoms with E-state index in [9.17, 15) is 18.8 Å². The molecule has 8 unspecified atom stereocenters. The van der Waals surface area contributed by atoms with Crippen LogP contribution in [0.2, 0.25) is 5.02 Å². The summed E-state index contributed by atoms with van der Waals surface area (Å²) >= 11 is 5.94. The third kappa shape index (κ3) is 5.54. The topological polar surface area (TPSA) is 91.0 Å². The Morgan fingerprint density at radius 3 is 2.66 bits per heavy atom. The van der Waals surface area contributed by atoms with Crippen molar-refractivity contribution in [3.63, 3.8) is 0 Å². The van der Waals surface area contributed by atoms with Gasteiger partial charge in [0.25, 0.3) is 0 Å². The van der Waals surface area contributed by atoms with Gasteiger partial charge in [0.15, 0.2) is 0 Å². The molecule has 2 saturated heterocycles. The summed E-state index contributed by atoms with van der Waals surface area (Å²) in [4.78, 5) is 46.0. The van der Waals surface area contributed by atoms with Crippen LogP contribution < -0.4 is 10.6 Å². The minimum absolute atomic E-state index is 0.00399. The van der Waals surface area contributed by atoms with Crippen molar-refractivity contribution in [2.45, 2.75) is 63.4 Å². The fraction of sp³-hybridized carbons (Fsp3) is 0.500. The molecular weight excluding hydrogens is 583 g/mol. The Labute approximate surface area is 262 Å². The van der Waals surface area contributed by atoms with Crippen LogP contribution >= 0.6 is 11.6 Å². The number of hydrogen-bond acceptors (Lipinski definition) is 5. The standard InChI is InChI=1S/C34H40ClFN4O4/c1-20-8-7-11-26(21(20)2)38-32(42)30-34-15-14-27(44-34)28(31(41)37-23-12-13-25(36)24(35)18-23)29(34)33(43)40(30)17-16-39(3)19-22-9-5-4-6-10-22/h4-6,9-10,12-15,18,20-21,26-30H,7-8,11,16-17,19H2,1-3H3,(H,37,41)(H,38,42). The molecule has 10 heteroatoms. The highest BCUT2D eigenvalue weighted by Crippen LogP contribution is 2.55. The van der Waals surface area contributed by atoms with E-state index in [1.807, 2.05) is 31.3 Å². The first-order valence-corrected chi connectivity index (χ1v) is 15.9. The molecule has 1 saturated carbocycles. The van der Waals surface area contributed by atoms with Crippen LogP contribution in [0.4, 0.5) is 10.1 Å². The Bertz CT molecular complexity index is 1460. The molecule has 1 spiro atoms. The summed E-state index contributed by atoms with van der Waals surface area (Å²) < 4.78 is 20.2. The van der Waals surface area contributed by atoms with E-state index < -0.39 is 41.3 Å². The molecule has 2 N–H and O–H groups in total. The summed E-state index contributed by atoms with van der Waals surface area (Å²) in [5.74, 6) is -2.47. The van der Waals surface area contributed by atoms with E-state index in [0.717, 1.165) is 24.8 Å². The van der Waals surface area contributed by atoms with Crippen LogP contribution in [0.15, 0.2) is 60.7 Å². The highest BCUT2D eigenvalue weighted by Gasteiger charge is 2.72. The van der Waals surface area contributed by atoms with Gasteiger partial charge in [-0.25, -0.2) is 4.39 Å². The van der Waals surface area contributed by atoms with Gasteiger partial charge < -0.3 is 25.2 Å². The quantitative estimate of drug-likeness (QED) is 0.398. The monoisotopic (exact) mass is 622 g/mol. The van der Waals surface area contributed by atoms with Crippen molar-refractivity contribution in [1.82, 2.24) is 15.1 Å². The van der Waals surface area contributed by atoms with Crippen LogP contribution in [0.25, 0.3) is 0 Å². The Hall–Kier alpha value is -3.27. The first-order chi connectivity index (χ1) is 21.1. The summed E-state index contributed by atoms with van der Waals surface area (Å²) in [7, 11) is 1.99. The largest absolute Gasteiger partial charge is 0.359 e. The molecule has 0 radical (unpaired) electrons. The lowest BCUT2D eigenvalue weighted by Gasteiger charge is -2.38. The first-order valence-electron chi connectivity index (χ1n) is 15.6. The lowest BCUT2D eigenvalue weighted by molar-refractivity contribution is -0.141. The number of ether oxygens (including phenoxy) is 1. The molecule has 3 amide bonds. The molecule has 2 aromatic rings. The van der Waals surface area contributed by atoms with E-state index in [-0.39, 0.29) is 22.9 Å². The summed E-state index contributed by atoms with van der Waals surface area (Å²) in [6.07, 6.45) is 6.01. The zero-order valence-electron chi connectivity index (χ0n) is 25.3. The number of halogens is 2. The van der Waals surface area contributed by atoms with Crippen molar-refractivity contribution in [1.29, 1.82) is 0 Å². The second-order valence-corrected chi connectivity index (χ2v) is 13.4. The van der Waals surface area contributed by atoms with Gasteiger partial charge in [0.2, 0.25) is 17.7 Å². The normalized spacial score (nSPS) is 32.3. The van der Waals surface area contributed by atoms with Crippen molar-refractivity contribution >= 4 is 35.0 Å². The molecular formula is C34H40ClFN4O4. The SMILES string of the molecule is CC1CCCC(NC(=O)C2N(CCN(C)Cc3ccccc3)C(=O)C3C(C(=O)Nc4ccc(F)c(Cl)c4)C4C=CC32O4)C1C. The molecule has 6 rings (SSSR count). The van der Waals surface area contributed by atoms with Gasteiger partial charge in [-0.3, -0.25) is 14.4 Å². The van der Waals surface area contributed by atoms with E-state index in [1.54, 1.807) is 11.0 Å². The Balaban J connectivity index is 1.26. The van der Waals surface area contributed by atoms with Crippen molar-refractivity contribution in [2.75, 3.05) is 25.5 Å². The predicted molar refractivity (Wildman–Crippen MR) is 166 cm³/mol. The minimum Gasteiger partial charge on any atom is -0.359 e. The highest BCUT2D eigenvalue weighted by molar-refractivity contribution is 6.31. The van der Waals surface area contributed by atoms with E-state index in [0.29, 0.717) is 37.2 Å². The van der Waals surface area contributed by atoms with Crippen LogP contribution in [0.3, 0.4) is 0 Å². The van der Waals surface area contributed by atoms with Gasteiger partial charge in [-0.2, -0.15) is 0 Å². The lowest BCUT2D eigenvalue weighted by atomic mass is 9.73. The zero-order chi connectivity index (χ0) is 31.2. The summed E-state index contributed by atoms with van der Waals surface area (Å²) in [5, 5.41) is 5.97. The Kier molecular flexibility index (Phi) is 8.56. The number of carbonyl (C=O) groups excluding carboxylic acids is 3. The van der Waals surface area contributed by atoms with Gasteiger partial charge in [0.1, 0.15) is 17.5 Å². The number of benzene rings is 2. The maximum atomic E-state index is 14.3. The Morgan fingerprint density at radius 2 is 1.91 bits per heavy atom. The third-order valence-electron chi connectivity index (χ3n) is 10.2. The molecule has 0 aromatic heterocycles. The zero-order valence-corrected chi connectivity index (χ0v) is 26.1. The molecule has 8 atom stereocenters. The number of nitrogens with one attached hydrogen (secondary N) is 2. The molecule has 2 aromatic carbocycles. The molecule has 8 nitrogen and oxygen atoms in total. The molecule has 4 aliphatic rings. The fourth-order valence-corrected chi connectivity index (χ4v) is 7.79. The molecule has 2 bridgehead atoms. The number of hydrogen-bond donors (Lipinski definition) is 2. The van der Waals surface area contributed by atoms with Crippen LogP contribution in [0.1, 0.15) is 38.7 Å². The molecule has 3 heterocycles. The van der Waals surface area contributed by atoms with Crippen LogP contribution in [0, 0.1) is 29.5 Å². The van der Waals surface area contributed by atoms with Gasteiger partial charge in [-0.05, 0) is 49.1 Å². The van der Waals surface area contributed by atoms with Crippen LogP contribution in [-0.4, -0.2) is 71.4 Å².